The molecule has 108 valence electrons. The van der Waals surface area contributed by atoms with Crippen LogP contribution in [0.4, 0.5) is 0 Å². The molecule has 2 N–H and O–H groups in total. The van der Waals surface area contributed by atoms with Gasteiger partial charge in [0.2, 0.25) is 0 Å². The molecular formula is C12H18O6S. The number of rotatable bonds is 3. The third kappa shape index (κ3) is 2.97. The summed E-state index contributed by atoms with van der Waals surface area (Å²) in [7, 11) is -4.34. The van der Waals surface area contributed by atoms with Crippen molar-refractivity contribution in [2.24, 2.45) is 23.7 Å². The van der Waals surface area contributed by atoms with Gasteiger partial charge in [-0.3, -0.25) is 9.35 Å². The third-order valence-corrected chi connectivity index (χ3v) is 5.90. The van der Waals surface area contributed by atoms with E-state index in [1.807, 2.05) is 0 Å². The van der Waals surface area contributed by atoms with Gasteiger partial charge in [0.05, 0.1) is 5.92 Å². The molecule has 0 aromatic heterocycles. The van der Waals surface area contributed by atoms with Gasteiger partial charge in [0.1, 0.15) is 11.5 Å². The molecule has 0 spiro atoms. The molecular weight excluding hydrogens is 272 g/mol. The second kappa shape index (κ2) is 5.20. The zero-order valence-electron chi connectivity index (χ0n) is 10.4. The van der Waals surface area contributed by atoms with E-state index in [-0.39, 0.29) is 30.6 Å². The minimum Gasteiger partial charge on any atom is -0.481 e. The predicted octanol–water partition coefficient (Wildman–Crippen LogP) is 0.969. The largest absolute Gasteiger partial charge is 0.481 e. The number of aliphatic carboxylic acids is 1. The molecule has 0 heterocycles. The number of carboxylic acids is 1. The van der Waals surface area contributed by atoms with Crippen LogP contribution in [0, 0.1) is 23.7 Å². The summed E-state index contributed by atoms with van der Waals surface area (Å²) in [5, 5.41) is 7.93. The Balaban J connectivity index is 2.20. The van der Waals surface area contributed by atoms with Crippen LogP contribution in [-0.4, -0.2) is 35.6 Å². The summed E-state index contributed by atoms with van der Waals surface area (Å²) in [5.41, 5.74) is 0. The molecule has 0 aliphatic heterocycles. The molecule has 2 fully saturated rings. The third-order valence-electron chi connectivity index (χ3n) is 4.61. The van der Waals surface area contributed by atoms with Gasteiger partial charge < -0.3 is 9.90 Å². The molecule has 2 aliphatic rings. The highest BCUT2D eigenvalue weighted by molar-refractivity contribution is 7.86. The average molecular weight is 290 g/mol. The van der Waals surface area contributed by atoms with E-state index in [0.29, 0.717) is 6.42 Å². The van der Waals surface area contributed by atoms with Crippen LogP contribution in [0.5, 0.6) is 0 Å². The first-order chi connectivity index (χ1) is 8.82. The Kier molecular flexibility index (Phi) is 3.96. The molecule has 2 rings (SSSR count). The molecule has 0 amide bonds. The Morgan fingerprint density at radius 3 is 2.32 bits per heavy atom. The lowest BCUT2D eigenvalue weighted by Gasteiger charge is -2.42. The fraction of sp³-hybridized carbons (Fsp3) is 0.833. The molecule has 2 aliphatic carbocycles. The first-order valence-corrected chi connectivity index (χ1v) is 7.97. The number of fused-ring (bicyclic) bond motifs is 1. The van der Waals surface area contributed by atoms with Gasteiger partial charge in [0.25, 0.3) is 10.1 Å². The van der Waals surface area contributed by atoms with Crippen LogP contribution in [0.15, 0.2) is 0 Å². The second-order valence-corrected chi connectivity index (χ2v) is 7.33. The Morgan fingerprint density at radius 1 is 1.11 bits per heavy atom. The standard InChI is InChI=1S/C12H18O6S/c13-6-7-1-2-8-5-11(19(16,17)18)10(12(14)15)4-9(8)3-7/h6-11H,1-5H2,(H,14,15)(H,16,17,18). The van der Waals surface area contributed by atoms with Crippen molar-refractivity contribution in [2.75, 3.05) is 0 Å². The highest BCUT2D eigenvalue weighted by atomic mass is 32.2. The van der Waals surface area contributed by atoms with Crippen molar-refractivity contribution in [3.63, 3.8) is 0 Å². The van der Waals surface area contributed by atoms with Crippen molar-refractivity contribution in [1.82, 2.24) is 0 Å². The maximum absolute atomic E-state index is 11.3. The lowest BCUT2D eigenvalue weighted by atomic mass is 9.65. The van der Waals surface area contributed by atoms with Crippen LogP contribution in [0.3, 0.4) is 0 Å². The van der Waals surface area contributed by atoms with Gasteiger partial charge in [0, 0.05) is 5.92 Å². The first kappa shape index (κ1) is 14.5. The van der Waals surface area contributed by atoms with E-state index in [2.05, 4.69) is 0 Å². The van der Waals surface area contributed by atoms with Gasteiger partial charge in [-0.2, -0.15) is 8.42 Å². The van der Waals surface area contributed by atoms with Crippen LogP contribution >= 0.6 is 0 Å². The summed E-state index contributed by atoms with van der Waals surface area (Å²) in [6.45, 7) is 0. The van der Waals surface area contributed by atoms with Crippen LogP contribution in [0.25, 0.3) is 0 Å². The highest BCUT2D eigenvalue weighted by Crippen LogP contribution is 2.46. The van der Waals surface area contributed by atoms with Gasteiger partial charge in [-0.1, -0.05) is 0 Å². The minimum absolute atomic E-state index is 0.0435. The Labute approximate surface area is 111 Å². The summed E-state index contributed by atoms with van der Waals surface area (Å²) in [6.07, 6.45) is 3.41. The molecule has 0 saturated heterocycles. The molecule has 19 heavy (non-hydrogen) atoms. The fourth-order valence-corrected chi connectivity index (χ4v) is 4.75. The molecule has 0 aromatic carbocycles. The Bertz CT molecular complexity index is 471. The van der Waals surface area contributed by atoms with E-state index >= 15 is 0 Å². The van der Waals surface area contributed by atoms with E-state index < -0.39 is 27.3 Å². The lowest BCUT2D eigenvalue weighted by molar-refractivity contribution is -0.144. The summed E-state index contributed by atoms with van der Waals surface area (Å²) < 4.78 is 31.9. The Hall–Kier alpha value is -0.950. The van der Waals surface area contributed by atoms with Crippen molar-refractivity contribution < 1.29 is 27.7 Å². The topological polar surface area (TPSA) is 109 Å². The van der Waals surface area contributed by atoms with E-state index in [0.717, 1.165) is 19.1 Å². The number of hydrogen-bond acceptors (Lipinski definition) is 4. The minimum atomic E-state index is -4.34. The van der Waals surface area contributed by atoms with Crippen molar-refractivity contribution in [3.05, 3.63) is 0 Å². The van der Waals surface area contributed by atoms with E-state index in [4.69, 9.17) is 5.11 Å². The quantitative estimate of drug-likeness (QED) is 0.592. The second-order valence-electron chi connectivity index (χ2n) is 5.70. The number of carbonyl (C=O) groups is 2. The number of hydrogen-bond donors (Lipinski definition) is 2. The lowest BCUT2D eigenvalue weighted by Crippen LogP contribution is -2.45. The van der Waals surface area contributed by atoms with E-state index in [1.165, 1.54) is 0 Å². The number of aldehydes is 1. The van der Waals surface area contributed by atoms with Gasteiger partial charge in [-0.15, -0.1) is 0 Å². The summed E-state index contributed by atoms with van der Waals surface area (Å²) >= 11 is 0. The SMILES string of the molecule is O=CC1CCC2CC(S(=O)(=O)O)C(C(=O)O)CC2C1. The summed E-state index contributed by atoms with van der Waals surface area (Å²) in [6, 6.07) is 0. The van der Waals surface area contributed by atoms with Crippen LogP contribution in [0.2, 0.25) is 0 Å². The summed E-state index contributed by atoms with van der Waals surface area (Å²) in [5.74, 6) is -2.13. The predicted molar refractivity (Wildman–Crippen MR) is 66.1 cm³/mol. The number of carbonyl (C=O) groups excluding carboxylic acids is 1. The van der Waals surface area contributed by atoms with E-state index in [9.17, 15) is 22.6 Å². The van der Waals surface area contributed by atoms with Crippen LogP contribution in [-0.2, 0) is 19.7 Å². The summed E-state index contributed by atoms with van der Waals surface area (Å²) in [4.78, 5) is 22.0. The molecule has 2 saturated carbocycles. The number of carboxylic acid groups (broad SMARTS) is 1. The molecule has 5 unspecified atom stereocenters. The maximum Gasteiger partial charge on any atom is 0.307 e. The zero-order chi connectivity index (χ0) is 14.2. The monoisotopic (exact) mass is 290 g/mol. The normalized spacial score (nSPS) is 39.3. The van der Waals surface area contributed by atoms with Crippen molar-refractivity contribution in [1.29, 1.82) is 0 Å². The van der Waals surface area contributed by atoms with Gasteiger partial charge in [0.15, 0.2) is 0 Å². The van der Waals surface area contributed by atoms with Crippen LogP contribution < -0.4 is 0 Å². The van der Waals surface area contributed by atoms with Crippen molar-refractivity contribution in [3.8, 4) is 0 Å². The van der Waals surface area contributed by atoms with Crippen molar-refractivity contribution >= 4 is 22.4 Å². The molecule has 5 atom stereocenters. The molecule has 0 aromatic rings. The fourth-order valence-electron chi connectivity index (χ4n) is 3.62. The first-order valence-electron chi connectivity index (χ1n) is 6.47. The smallest absolute Gasteiger partial charge is 0.307 e. The molecule has 0 bridgehead atoms. The van der Waals surface area contributed by atoms with Gasteiger partial charge in [-0.05, 0) is 43.9 Å². The molecule has 7 heteroatoms. The van der Waals surface area contributed by atoms with Crippen LogP contribution in [0.1, 0.15) is 32.1 Å². The van der Waals surface area contributed by atoms with E-state index in [1.54, 1.807) is 0 Å². The average Bonchev–Trinajstić information content (AvgIpc) is 2.35. The molecule has 6 nitrogen and oxygen atoms in total. The van der Waals surface area contributed by atoms with Gasteiger partial charge in [-0.25, -0.2) is 0 Å². The van der Waals surface area contributed by atoms with Gasteiger partial charge >= 0.3 is 5.97 Å². The highest BCUT2D eigenvalue weighted by Gasteiger charge is 2.47. The maximum atomic E-state index is 11.3. The van der Waals surface area contributed by atoms with Crippen molar-refractivity contribution in [2.45, 2.75) is 37.4 Å². The molecule has 0 radical (unpaired) electrons. The zero-order valence-corrected chi connectivity index (χ0v) is 11.3. The Morgan fingerprint density at radius 2 is 1.79 bits per heavy atom.